The first kappa shape index (κ1) is 5.85. The molecule has 1 fully saturated rings. The Morgan fingerprint density at radius 1 is 1.60 bits per heavy atom. The molecule has 54 valence electrons. The van der Waals surface area contributed by atoms with E-state index >= 15 is 0 Å². The molecule has 0 atom stereocenters. The van der Waals surface area contributed by atoms with Crippen molar-refractivity contribution in [1.82, 2.24) is 15.5 Å². The normalized spacial score (nSPS) is 18.9. The van der Waals surface area contributed by atoms with Crippen molar-refractivity contribution in [3.05, 3.63) is 17.7 Å². The van der Waals surface area contributed by atoms with Crippen LogP contribution >= 0.6 is 0 Å². The van der Waals surface area contributed by atoms with E-state index < -0.39 is 0 Å². The molecule has 0 spiro atoms. The minimum atomic E-state index is -0.216. The number of aromatic nitrogens is 2. The maximum absolute atomic E-state index is 12.7. The third kappa shape index (κ3) is 0.724. The van der Waals surface area contributed by atoms with E-state index in [1.165, 1.54) is 6.20 Å². The quantitative estimate of drug-likeness (QED) is 0.588. The van der Waals surface area contributed by atoms with Gasteiger partial charge in [-0.15, -0.1) is 0 Å². The summed E-state index contributed by atoms with van der Waals surface area (Å²) >= 11 is 0. The number of aromatic amines is 1. The van der Waals surface area contributed by atoms with Gasteiger partial charge in [-0.05, 0) is 0 Å². The second-order valence-electron chi connectivity index (χ2n) is 2.49. The summed E-state index contributed by atoms with van der Waals surface area (Å²) in [6.45, 7) is 1.72. The first-order valence-corrected chi connectivity index (χ1v) is 3.27. The van der Waals surface area contributed by atoms with E-state index in [-0.39, 0.29) is 5.82 Å². The van der Waals surface area contributed by atoms with Crippen LogP contribution in [0.25, 0.3) is 0 Å². The molecular formula is C6H8FN3. The summed E-state index contributed by atoms with van der Waals surface area (Å²) in [5.74, 6) is 0.0917. The predicted molar refractivity (Wildman–Crippen MR) is 34.2 cm³/mol. The summed E-state index contributed by atoms with van der Waals surface area (Å²) in [7, 11) is 0. The standard InChI is InChI=1S/C6H8FN3/c7-5-3-9-10-6(5)4-1-8-2-4/h3-4,8H,1-2H2,(H,9,10). The number of rotatable bonds is 1. The fraction of sp³-hybridized carbons (Fsp3) is 0.500. The predicted octanol–water partition coefficient (Wildman–Crippen LogP) is 0.236. The zero-order valence-corrected chi connectivity index (χ0v) is 5.39. The number of halogens is 1. The Kier molecular flexibility index (Phi) is 1.20. The molecule has 1 saturated heterocycles. The van der Waals surface area contributed by atoms with Crippen LogP contribution in [0.2, 0.25) is 0 Å². The van der Waals surface area contributed by atoms with Gasteiger partial charge in [-0.25, -0.2) is 4.39 Å². The highest BCUT2D eigenvalue weighted by Gasteiger charge is 2.23. The van der Waals surface area contributed by atoms with Crippen LogP contribution in [0.5, 0.6) is 0 Å². The molecule has 1 aromatic rings. The Hall–Kier alpha value is -0.900. The van der Waals surface area contributed by atoms with Crippen LogP contribution in [0.4, 0.5) is 4.39 Å². The summed E-state index contributed by atoms with van der Waals surface area (Å²) in [6, 6.07) is 0. The minimum absolute atomic E-state index is 0.216. The van der Waals surface area contributed by atoms with Gasteiger partial charge in [-0.2, -0.15) is 5.10 Å². The molecule has 1 aromatic heterocycles. The Labute approximate surface area is 57.6 Å². The van der Waals surface area contributed by atoms with Crippen molar-refractivity contribution in [1.29, 1.82) is 0 Å². The molecule has 0 radical (unpaired) electrons. The molecule has 2 rings (SSSR count). The summed E-state index contributed by atoms with van der Waals surface area (Å²) in [4.78, 5) is 0. The Morgan fingerprint density at radius 2 is 2.40 bits per heavy atom. The van der Waals surface area contributed by atoms with E-state index in [1.807, 2.05) is 0 Å². The van der Waals surface area contributed by atoms with Crippen molar-refractivity contribution in [2.75, 3.05) is 13.1 Å². The monoisotopic (exact) mass is 141 g/mol. The summed E-state index contributed by atoms with van der Waals surface area (Å²) in [5.41, 5.74) is 0.638. The molecular weight excluding hydrogens is 133 g/mol. The zero-order valence-electron chi connectivity index (χ0n) is 5.39. The number of H-pyrrole nitrogens is 1. The van der Waals surface area contributed by atoms with E-state index in [4.69, 9.17) is 0 Å². The summed E-state index contributed by atoms with van der Waals surface area (Å²) in [6.07, 6.45) is 1.22. The van der Waals surface area contributed by atoms with Crippen LogP contribution in [0.15, 0.2) is 6.20 Å². The first-order valence-electron chi connectivity index (χ1n) is 3.27. The highest BCUT2D eigenvalue weighted by atomic mass is 19.1. The van der Waals surface area contributed by atoms with Gasteiger partial charge in [-0.3, -0.25) is 5.10 Å². The van der Waals surface area contributed by atoms with E-state index in [1.54, 1.807) is 0 Å². The largest absolute Gasteiger partial charge is 0.315 e. The van der Waals surface area contributed by atoms with Gasteiger partial charge in [-0.1, -0.05) is 0 Å². The number of nitrogens with one attached hydrogen (secondary N) is 2. The number of hydrogen-bond acceptors (Lipinski definition) is 2. The lowest BCUT2D eigenvalue weighted by molar-refractivity contribution is 0.423. The molecule has 0 amide bonds. The fourth-order valence-corrected chi connectivity index (χ4v) is 1.06. The molecule has 2 heterocycles. The van der Waals surface area contributed by atoms with Crippen LogP contribution in [0.1, 0.15) is 11.6 Å². The Balaban J connectivity index is 2.23. The van der Waals surface area contributed by atoms with Gasteiger partial charge in [0.15, 0.2) is 5.82 Å². The molecule has 0 unspecified atom stereocenters. The molecule has 0 bridgehead atoms. The van der Waals surface area contributed by atoms with Crippen molar-refractivity contribution < 1.29 is 4.39 Å². The lowest BCUT2D eigenvalue weighted by atomic mass is 10.00. The van der Waals surface area contributed by atoms with Crippen molar-refractivity contribution >= 4 is 0 Å². The van der Waals surface area contributed by atoms with Crippen LogP contribution in [-0.2, 0) is 0 Å². The van der Waals surface area contributed by atoms with Gasteiger partial charge in [0.1, 0.15) is 0 Å². The number of hydrogen-bond donors (Lipinski definition) is 2. The minimum Gasteiger partial charge on any atom is -0.315 e. The molecule has 1 aliphatic heterocycles. The van der Waals surface area contributed by atoms with Crippen molar-refractivity contribution in [2.24, 2.45) is 0 Å². The van der Waals surface area contributed by atoms with E-state index in [9.17, 15) is 4.39 Å². The van der Waals surface area contributed by atoms with E-state index in [2.05, 4.69) is 15.5 Å². The molecule has 2 N–H and O–H groups in total. The Bertz CT molecular complexity index is 229. The molecule has 10 heavy (non-hydrogen) atoms. The molecule has 0 aromatic carbocycles. The second kappa shape index (κ2) is 2.05. The van der Waals surface area contributed by atoms with Crippen LogP contribution in [-0.4, -0.2) is 23.3 Å². The SMILES string of the molecule is Fc1cn[nH]c1C1CNC1. The lowest BCUT2D eigenvalue weighted by Crippen LogP contribution is -2.40. The van der Waals surface area contributed by atoms with Gasteiger partial charge in [0.05, 0.1) is 11.9 Å². The zero-order chi connectivity index (χ0) is 6.97. The molecule has 0 aliphatic carbocycles. The average Bonchev–Trinajstić information content (AvgIpc) is 2.12. The van der Waals surface area contributed by atoms with Gasteiger partial charge < -0.3 is 5.32 Å². The number of nitrogens with zero attached hydrogens (tertiary/aromatic N) is 1. The van der Waals surface area contributed by atoms with Crippen molar-refractivity contribution in [3.8, 4) is 0 Å². The van der Waals surface area contributed by atoms with Crippen LogP contribution in [0.3, 0.4) is 0 Å². The first-order chi connectivity index (χ1) is 4.88. The van der Waals surface area contributed by atoms with Crippen LogP contribution in [0, 0.1) is 5.82 Å². The van der Waals surface area contributed by atoms with Crippen LogP contribution < -0.4 is 5.32 Å². The van der Waals surface area contributed by atoms with Gasteiger partial charge >= 0.3 is 0 Å². The van der Waals surface area contributed by atoms with Gasteiger partial charge in [0, 0.05) is 19.0 Å². The average molecular weight is 141 g/mol. The van der Waals surface area contributed by atoms with E-state index in [0.29, 0.717) is 11.6 Å². The second-order valence-corrected chi connectivity index (χ2v) is 2.49. The molecule has 4 heteroatoms. The highest BCUT2D eigenvalue weighted by molar-refractivity contribution is 5.12. The molecule has 1 aliphatic rings. The van der Waals surface area contributed by atoms with E-state index in [0.717, 1.165) is 13.1 Å². The summed E-state index contributed by atoms with van der Waals surface area (Å²) < 4.78 is 12.7. The van der Waals surface area contributed by atoms with Crippen molar-refractivity contribution in [3.63, 3.8) is 0 Å². The molecule has 0 saturated carbocycles. The maximum atomic E-state index is 12.7. The third-order valence-corrected chi connectivity index (χ3v) is 1.81. The van der Waals surface area contributed by atoms with Crippen molar-refractivity contribution in [2.45, 2.75) is 5.92 Å². The fourth-order valence-electron chi connectivity index (χ4n) is 1.06. The topological polar surface area (TPSA) is 40.7 Å². The van der Waals surface area contributed by atoms with Gasteiger partial charge in [0.2, 0.25) is 0 Å². The smallest absolute Gasteiger partial charge is 0.164 e. The lowest BCUT2D eigenvalue weighted by Gasteiger charge is -2.25. The summed E-state index contributed by atoms with van der Waals surface area (Å²) in [5, 5.41) is 9.30. The highest BCUT2D eigenvalue weighted by Crippen LogP contribution is 2.19. The Morgan fingerprint density at radius 3 is 2.80 bits per heavy atom. The van der Waals surface area contributed by atoms with Gasteiger partial charge in [0.25, 0.3) is 0 Å². The third-order valence-electron chi connectivity index (χ3n) is 1.81. The maximum Gasteiger partial charge on any atom is 0.164 e. The molecule has 3 nitrogen and oxygen atoms in total.